The number of hydrogen-bond acceptors (Lipinski definition) is 4. The molecule has 3 aromatic rings. The Labute approximate surface area is 161 Å². The number of nitrogens with one attached hydrogen (secondary N) is 1. The van der Waals surface area contributed by atoms with E-state index in [-0.39, 0.29) is 11.6 Å². The highest BCUT2D eigenvalue weighted by molar-refractivity contribution is 7.99. The lowest BCUT2D eigenvalue weighted by Crippen LogP contribution is -2.14. The van der Waals surface area contributed by atoms with Gasteiger partial charge in [0.1, 0.15) is 0 Å². The lowest BCUT2D eigenvalue weighted by Gasteiger charge is -2.12. The predicted octanol–water partition coefficient (Wildman–Crippen LogP) is 5.56. The third-order valence-corrected chi connectivity index (χ3v) is 5.14. The Morgan fingerprint density at radius 2 is 1.67 bits per heavy atom. The molecule has 6 heteroatoms. The molecule has 0 bridgehead atoms. The maximum Gasteiger partial charge on any atom is 0.269 e. The SMILES string of the molecule is CCc1ccccc1NC(=O)c1ccccc1Sc1ccc([N+](=O)[O-])cc1. The van der Waals surface area contributed by atoms with E-state index in [0.717, 1.165) is 27.5 Å². The van der Waals surface area contributed by atoms with Crippen molar-refractivity contribution in [3.05, 3.63) is 94.0 Å². The number of non-ortho nitro benzene ring substituents is 1. The van der Waals surface area contributed by atoms with Gasteiger partial charge in [0.25, 0.3) is 11.6 Å². The summed E-state index contributed by atoms with van der Waals surface area (Å²) in [6.45, 7) is 2.05. The summed E-state index contributed by atoms with van der Waals surface area (Å²) in [7, 11) is 0. The second-order valence-electron chi connectivity index (χ2n) is 5.81. The highest BCUT2D eigenvalue weighted by Crippen LogP contribution is 2.32. The van der Waals surface area contributed by atoms with Gasteiger partial charge in [0.15, 0.2) is 0 Å². The van der Waals surface area contributed by atoms with Gasteiger partial charge in [-0.05, 0) is 42.3 Å². The van der Waals surface area contributed by atoms with Crippen molar-refractivity contribution in [2.75, 3.05) is 5.32 Å². The monoisotopic (exact) mass is 378 g/mol. The number of carbonyl (C=O) groups excluding carboxylic acids is 1. The number of para-hydroxylation sites is 1. The number of nitro groups is 1. The summed E-state index contributed by atoms with van der Waals surface area (Å²) in [5, 5.41) is 13.8. The molecule has 5 nitrogen and oxygen atoms in total. The number of nitro benzene ring substituents is 1. The van der Waals surface area contributed by atoms with E-state index in [1.165, 1.54) is 23.9 Å². The molecule has 3 aromatic carbocycles. The Morgan fingerprint density at radius 3 is 2.37 bits per heavy atom. The Hall–Kier alpha value is -3.12. The van der Waals surface area contributed by atoms with Gasteiger partial charge < -0.3 is 5.32 Å². The number of anilines is 1. The molecule has 0 spiro atoms. The second kappa shape index (κ2) is 8.51. The fraction of sp³-hybridized carbons (Fsp3) is 0.0952. The lowest BCUT2D eigenvalue weighted by atomic mass is 10.1. The van der Waals surface area contributed by atoms with E-state index in [9.17, 15) is 14.9 Å². The van der Waals surface area contributed by atoms with Gasteiger partial charge in [0, 0.05) is 27.6 Å². The number of nitrogens with zero attached hydrogens (tertiary/aromatic N) is 1. The number of rotatable bonds is 6. The molecule has 0 aliphatic carbocycles. The van der Waals surface area contributed by atoms with Gasteiger partial charge >= 0.3 is 0 Å². The van der Waals surface area contributed by atoms with Crippen molar-refractivity contribution in [2.24, 2.45) is 0 Å². The topological polar surface area (TPSA) is 72.2 Å². The van der Waals surface area contributed by atoms with Crippen molar-refractivity contribution in [3.8, 4) is 0 Å². The Balaban J connectivity index is 1.83. The van der Waals surface area contributed by atoms with Crippen LogP contribution in [0.1, 0.15) is 22.8 Å². The maximum absolute atomic E-state index is 12.8. The van der Waals surface area contributed by atoms with Crippen molar-refractivity contribution < 1.29 is 9.72 Å². The standard InChI is InChI=1S/C21H18N2O3S/c1-2-15-7-3-5-9-19(15)22-21(24)18-8-4-6-10-20(18)27-17-13-11-16(12-14-17)23(25)26/h3-14H,2H2,1H3,(H,22,24). The van der Waals surface area contributed by atoms with E-state index in [2.05, 4.69) is 5.32 Å². The van der Waals surface area contributed by atoms with E-state index in [4.69, 9.17) is 0 Å². The highest BCUT2D eigenvalue weighted by atomic mass is 32.2. The van der Waals surface area contributed by atoms with Crippen LogP contribution in [0, 0.1) is 10.1 Å². The molecule has 136 valence electrons. The van der Waals surface area contributed by atoms with E-state index >= 15 is 0 Å². The molecule has 0 aromatic heterocycles. The minimum atomic E-state index is -0.430. The van der Waals surface area contributed by atoms with Crippen molar-refractivity contribution >= 4 is 29.0 Å². The quantitative estimate of drug-likeness (QED) is 0.450. The molecule has 0 saturated heterocycles. The van der Waals surface area contributed by atoms with E-state index in [1.807, 2.05) is 49.4 Å². The Morgan fingerprint density at radius 1 is 1.00 bits per heavy atom. The number of aryl methyl sites for hydroxylation is 1. The molecule has 0 heterocycles. The van der Waals surface area contributed by atoms with Crippen LogP contribution >= 0.6 is 11.8 Å². The van der Waals surface area contributed by atoms with Gasteiger partial charge in [-0.25, -0.2) is 0 Å². The van der Waals surface area contributed by atoms with Crippen LogP contribution in [-0.2, 0) is 6.42 Å². The minimum absolute atomic E-state index is 0.0431. The number of benzene rings is 3. The first-order valence-electron chi connectivity index (χ1n) is 8.49. The molecule has 0 aliphatic rings. The number of carbonyl (C=O) groups is 1. The minimum Gasteiger partial charge on any atom is -0.322 e. The summed E-state index contributed by atoms with van der Waals surface area (Å²) in [5.74, 6) is -0.180. The van der Waals surface area contributed by atoms with Crippen LogP contribution in [0.5, 0.6) is 0 Å². The van der Waals surface area contributed by atoms with Crippen LogP contribution in [0.25, 0.3) is 0 Å². The Bertz CT molecular complexity index is 971. The molecule has 0 fully saturated rings. The smallest absolute Gasteiger partial charge is 0.269 e. The van der Waals surface area contributed by atoms with Gasteiger partial charge in [0.2, 0.25) is 0 Å². The summed E-state index contributed by atoms with van der Waals surface area (Å²) in [5.41, 5.74) is 2.49. The first-order valence-corrected chi connectivity index (χ1v) is 9.30. The van der Waals surface area contributed by atoms with Crippen molar-refractivity contribution in [3.63, 3.8) is 0 Å². The molecule has 3 rings (SSSR count). The molecule has 0 unspecified atom stereocenters. The fourth-order valence-corrected chi connectivity index (χ4v) is 3.59. The molecule has 1 N–H and O–H groups in total. The largest absolute Gasteiger partial charge is 0.322 e. The Kier molecular flexibility index (Phi) is 5.88. The van der Waals surface area contributed by atoms with E-state index in [0.29, 0.717) is 5.56 Å². The average molecular weight is 378 g/mol. The zero-order valence-electron chi connectivity index (χ0n) is 14.7. The van der Waals surface area contributed by atoms with Gasteiger partial charge in [0.05, 0.1) is 10.5 Å². The van der Waals surface area contributed by atoms with E-state index < -0.39 is 4.92 Å². The molecule has 0 radical (unpaired) electrons. The van der Waals surface area contributed by atoms with Crippen LogP contribution in [0.2, 0.25) is 0 Å². The van der Waals surface area contributed by atoms with Crippen LogP contribution in [0.4, 0.5) is 11.4 Å². The first-order chi connectivity index (χ1) is 13.1. The van der Waals surface area contributed by atoms with Gasteiger partial charge in [-0.2, -0.15) is 0 Å². The third kappa shape index (κ3) is 4.54. The van der Waals surface area contributed by atoms with Crippen molar-refractivity contribution in [1.82, 2.24) is 0 Å². The molecule has 0 atom stereocenters. The zero-order chi connectivity index (χ0) is 19.2. The van der Waals surface area contributed by atoms with Crippen LogP contribution in [0.15, 0.2) is 82.6 Å². The van der Waals surface area contributed by atoms with Crippen molar-refractivity contribution in [2.45, 2.75) is 23.1 Å². The maximum atomic E-state index is 12.8. The second-order valence-corrected chi connectivity index (χ2v) is 6.93. The summed E-state index contributed by atoms with van der Waals surface area (Å²) >= 11 is 1.40. The van der Waals surface area contributed by atoms with Gasteiger partial charge in [-0.15, -0.1) is 0 Å². The third-order valence-electron chi connectivity index (χ3n) is 4.05. The van der Waals surface area contributed by atoms with Crippen LogP contribution in [-0.4, -0.2) is 10.8 Å². The summed E-state index contributed by atoms with van der Waals surface area (Å²) in [6, 6.07) is 21.4. The molecular formula is C21H18N2O3S. The molecule has 0 saturated carbocycles. The summed E-state index contributed by atoms with van der Waals surface area (Å²) in [6.07, 6.45) is 0.829. The fourth-order valence-electron chi connectivity index (χ4n) is 2.65. The number of hydrogen-bond donors (Lipinski definition) is 1. The molecular weight excluding hydrogens is 360 g/mol. The zero-order valence-corrected chi connectivity index (χ0v) is 15.5. The molecule has 0 aliphatic heterocycles. The molecule has 27 heavy (non-hydrogen) atoms. The highest BCUT2D eigenvalue weighted by Gasteiger charge is 2.14. The summed E-state index contributed by atoms with van der Waals surface area (Å²) < 4.78 is 0. The lowest BCUT2D eigenvalue weighted by molar-refractivity contribution is -0.384. The van der Waals surface area contributed by atoms with Crippen LogP contribution in [0.3, 0.4) is 0 Å². The van der Waals surface area contributed by atoms with Crippen molar-refractivity contribution in [1.29, 1.82) is 0 Å². The summed E-state index contributed by atoms with van der Waals surface area (Å²) in [4.78, 5) is 24.8. The van der Waals surface area contributed by atoms with Crippen LogP contribution < -0.4 is 5.32 Å². The normalized spacial score (nSPS) is 10.4. The first kappa shape index (κ1) is 18.7. The van der Waals surface area contributed by atoms with E-state index in [1.54, 1.807) is 18.2 Å². The predicted molar refractivity (Wildman–Crippen MR) is 107 cm³/mol. The van der Waals surface area contributed by atoms with Gasteiger partial charge in [-0.3, -0.25) is 14.9 Å². The average Bonchev–Trinajstić information content (AvgIpc) is 2.69. The number of amides is 1. The van der Waals surface area contributed by atoms with Gasteiger partial charge in [-0.1, -0.05) is 49.0 Å². The molecule has 1 amide bonds.